The summed E-state index contributed by atoms with van der Waals surface area (Å²) >= 11 is 0. The fourth-order valence-electron chi connectivity index (χ4n) is 2.56. The van der Waals surface area contributed by atoms with Crippen molar-refractivity contribution in [3.63, 3.8) is 0 Å². The molecule has 1 saturated carbocycles. The van der Waals surface area contributed by atoms with Gasteiger partial charge in [-0.1, -0.05) is 6.92 Å². The molecule has 2 amide bonds. The highest BCUT2D eigenvalue weighted by Gasteiger charge is 2.47. The number of amides is 2. The maximum absolute atomic E-state index is 11.6. The minimum atomic E-state index is 0.00116. The SMILES string of the molecule is C[C@@H]1CC[C@@H]2C(=O)N(C)C(=O)[C@@H]2C1. The molecule has 13 heavy (non-hydrogen) atoms. The average Bonchev–Trinajstić information content (AvgIpc) is 2.32. The highest BCUT2D eigenvalue weighted by molar-refractivity contribution is 6.04. The molecular weight excluding hydrogens is 166 g/mol. The van der Waals surface area contributed by atoms with Crippen molar-refractivity contribution in [2.45, 2.75) is 26.2 Å². The highest BCUT2D eigenvalue weighted by atomic mass is 16.2. The van der Waals surface area contributed by atoms with E-state index >= 15 is 0 Å². The van der Waals surface area contributed by atoms with Crippen LogP contribution in [0.4, 0.5) is 0 Å². The van der Waals surface area contributed by atoms with Crippen LogP contribution in [-0.2, 0) is 9.59 Å². The first-order valence-corrected chi connectivity index (χ1v) is 4.92. The molecule has 0 N–H and O–H groups in total. The van der Waals surface area contributed by atoms with Crippen LogP contribution in [0.25, 0.3) is 0 Å². The van der Waals surface area contributed by atoms with Crippen molar-refractivity contribution in [3.8, 4) is 0 Å². The van der Waals surface area contributed by atoms with Crippen LogP contribution in [0.2, 0.25) is 0 Å². The van der Waals surface area contributed by atoms with E-state index in [1.807, 2.05) is 0 Å². The third-order valence-corrected chi connectivity index (χ3v) is 3.41. The third-order valence-electron chi connectivity index (χ3n) is 3.41. The Balaban J connectivity index is 2.22. The number of likely N-dealkylation sites (tertiary alicyclic amines) is 1. The van der Waals surface area contributed by atoms with E-state index in [4.69, 9.17) is 0 Å². The Morgan fingerprint density at radius 3 is 2.46 bits per heavy atom. The molecule has 1 saturated heterocycles. The summed E-state index contributed by atoms with van der Waals surface area (Å²) in [5, 5.41) is 0. The van der Waals surface area contributed by atoms with E-state index in [-0.39, 0.29) is 23.7 Å². The Bertz CT molecular complexity index is 262. The zero-order valence-corrected chi connectivity index (χ0v) is 8.12. The lowest BCUT2D eigenvalue weighted by atomic mass is 9.76. The molecule has 0 bridgehead atoms. The smallest absolute Gasteiger partial charge is 0.232 e. The third kappa shape index (κ3) is 1.18. The van der Waals surface area contributed by atoms with Crippen LogP contribution in [0, 0.1) is 17.8 Å². The largest absolute Gasteiger partial charge is 0.285 e. The predicted octanol–water partition coefficient (Wildman–Crippen LogP) is 1.04. The molecule has 72 valence electrons. The second-order valence-corrected chi connectivity index (χ2v) is 4.37. The summed E-state index contributed by atoms with van der Waals surface area (Å²) < 4.78 is 0. The molecule has 2 aliphatic rings. The molecule has 0 aromatic rings. The maximum atomic E-state index is 11.6. The summed E-state index contributed by atoms with van der Waals surface area (Å²) in [4.78, 5) is 24.5. The van der Waals surface area contributed by atoms with Crippen LogP contribution < -0.4 is 0 Å². The number of hydrogen-bond acceptors (Lipinski definition) is 2. The van der Waals surface area contributed by atoms with Gasteiger partial charge in [0, 0.05) is 7.05 Å². The van der Waals surface area contributed by atoms with Gasteiger partial charge in [-0.15, -0.1) is 0 Å². The number of imide groups is 1. The Labute approximate surface area is 78.1 Å². The van der Waals surface area contributed by atoms with Crippen molar-refractivity contribution in [1.29, 1.82) is 0 Å². The Hall–Kier alpha value is -0.860. The van der Waals surface area contributed by atoms with Gasteiger partial charge in [0.05, 0.1) is 11.8 Å². The van der Waals surface area contributed by atoms with E-state index in [1.54, 1.807) is 7.05 Å². The molecule has 3 heteroatoms. The molecule has 3 atom stereocenters. The van der Waals surface area contributed by atoms with E-state index in [0.29, 0.717) is 5.92 Å². The predicted molar refractivity (Wildman–Crippen MR) is 47.8 cm³/mol. The summed E-state index contributed by atoms with van der Waals surface area (Å²) in [6, 6.07) is 0. The Morgan fingerprint density at radius 1 is 1.15 bits per heavy atom. The van der Waals surface area contributed by atoms with Crippen molar-refractivity contribution in [1.82, 2.24) is 4.90 Å². The topological polar surface area (TPSA) is 37.4 Å². The van der Waals surface area contributed by atoms with Gasteiger partial charge in [-0.3, -0.25) is 14.5 Å². The van der Waals surface area contributed by atoms with Crippen LogP contribution in [0.15, 0.2) is 0 Å². The summed E-state index contributed by atoms with van der Waals surface area (Å²) in [5.41, 5.74) is 0. The minimum Gasteiger partial charge on any atom is -0.285 e. The fourth-order valence-corrected chi connectivity index (χ4v) is 2.56. The molecule has 0 radical (unpaired) electrons. The van der Waals surface area contributed by atoms with Crippen LogP contribution in [0.3, 0.4) is 0 Å². The van der Waals surface area contributed by atoms with Gasteiger partial charge in [0.15, 0.2) is 0 Å². The minimum absolute atomic E-state index is 0.00116. The lowest BCUT2D eigenvalue weighted by Gasteiger charge is -2.25. The van der Waals surface area contributed by atoms with E-state index in [9.17, 15) is 9.59 Å². The molecule has 1 aliphatic carbocycles. The molecule has 2 rings (SSSR count). The van der Waals surface area contributed by atoms with Crippen molar-refractivity contribution < 1.29 is 9.59 Å². The van der Waals surface area contributed by atoms with Gasteiger partial charge in [-0.25, -0.2) is 0 Å². The number of rotatable bonds is 0. The van der Waals surface area contributed by atoms with Crippen molar-refractivity contribution in [2.24, 2.45) is 17.8 Å². The van der Waals surface area contributed by atoms with Crippen molar-refractivity contribution >= 4 is 11.8 Å². The van der Waals surface area contributed by atoms with Gasteiger partial charge in [0.25, 0.3) is 0 Å². The van der Waals surface area contributed by atoms with Gasteiger partial charge in [0.1, 0.15) is 0 Å². The van der Waals surface area contributed by atoms with E-state index in [2.05, 4.69) is 6.92 Å². The summed E-state index contributed by atoms with van der Waals surface area (Å²) in [6.07, 6.45) is 2.90. The van der Waals surface area contributed by atoms with Gasteiger partial charge >= 0.3 is 0 Å². The summed E-state index contributed by atoms with van der Waals surface area (Å²) in [6.45, 7) is 2.16. The molecule has 0 unspecified atom stereocenters. The molecule has 0 aromatic heterocycles. The van der Waals surface area contributed by atoms with Crippen molar-refractivity contribution in [3.05, 3.63) is 0 Å². The first kappa shape index (κ1) is 8.73. The van der Waals surface area contributed by atoms with Crippen LogP contribution in [-0.4, -0.2) is 23.8 Å². The normalized spacial score (nSPS) is 39.5. The number of fused-ring (bicyclic) bond motifs is 1. The number of carbonyl (C=O) groups is 2. The second kappa shape index (κ2) is 2.82. The molecule has 0 spiro atoms. The zero-order valence-electron chi connectivity index (χ0n) is 8.12. The summed E-state index contributed by atoms with van der Waals surface area (Å²) in [7, 11) is 1.60. The Morgan fingerprint density at radius 2 is 1.77 bits per heavy atom. The van der Waals surface area contributed by atoms with Gasteiger partial charge in [-0.05, 0) is 25.2 Å². The average molecular weight is 181 g/mol. The molecule has 2 fully saturated rings. The van der Waals surface area contributed by atoms with Crippen LogP contribution in [0.5, 0.6) is 0 Å². The second-order valence-electron chi connectivity index (χ2n) is 4.37. The lowest BCUT2D eigenvalue weighted by molar-refractivity contribution is -0.138. The maximum Gasteiger partial charge on any atom is 0.232 e. The van der Waals surface area contributed by atoms with Crippen LogP contribution >= 0.6 is 0 Å². The van der Waals surface area contributed by atoms with E-state index < -0.39 is 0 Å². The van der Waals surface area contributed by atoms with E-state index in [1.165, 1.54) is 4.90 Å². The van der Waals surface area contributed by atoms with Crippen LogP contribution in [0.1, 0.15) is 26.2 Å². The fraction of sp³-hybridized carbons (Fsp3) is 0.800. The highest BCUT2D eigenvalue weighted by Crippen LogP contribution is 2.39. The number of carbonyl (C=O) groups excluding carboxylic acids is 2. The molecule has 1 aliphatic heterocycles. The first-order chi connectivity index (χ1) is 6.11. The molecule has 1 heterocycles. The first-order valence-electron chi connectivity index (χ1n) is 4.92. The lowest BCUT2D eigenvalue weighted by Crippen LogP contribution is -2.26. The zero-order chi connectivity index (χ0) is 9.59. The van der Waals surface area contributed by atoms with Gasteiger partial charge in [-0.2, -0.15) is 0 Å². The number of nitrogens with zero attached hydrogens (tertiary/aromatic N) is 1. The molecule has 3 nitrogen and oxygen atoms in total. The quantitative estimate of drug-likeness (QED) is 0.523. The van der Waals surface area contributed by atoms with Gasteiger partial charge < -0.3 is 0 Å². The summed E-state index contributed by atoms with van der Waals surface area (Å²) in [5.74, 6) is 0.697. The van der Waals surface area contributed by atoms with Gasteiger partial charge in [0.2, 0.25) is 11.8 Å². The molecular formula is C10H15NO2. The number of hydrogen-bond donors (Lipinski definition) is 0. The van der Waals surface area contributed by atoms with Crippen molar-refractivity contribution in [2.75, 3.05) is 7.05 Å². The van der Waals surface area contributed by atoms with E-state index in [0.717, 1.165) is 19.3 Å². The Kier molecular flexibility index (Phi) is 1.90. The standard InChI is InChI=1S/C10H15NO2/c1-6-3-4-7-8(5-6)10(13)11(2)9(7)12/h6-8H,3-5H2,1-2H3/t6-,7+,8-/m1/s1. The monoisotopic (exact) mass is 181 g/mol. The molecule has 0 aromatic carbocycles.